The Bertz CT molecular complexity index is 1710. The van der Waals surface area contributed by atoms with Gasteiger partial charge in [-0.1, -0.05) is 69.9 Å². The first-order valence-corrected chi connectivity index (χ1v) is 18.9. The molecule has 3 aromatic rings. The molecule has 0 saturated carbocycles. The van der Waals surface area contributed by atoms with Crippen LogP contribution in [0.3, 0.4) is 0 Å². The minimum atomic E-state index is -4.06. The second-order valence-corrected chi connectivity index (χ2v) is 14.5. The lowest BCUT2D eigenvalue weighted by molar-refractivity contribution is -0.138. The highest BCUT2D eigenvalue weighted by Crippen LogP contribution is 2.44. The smallest absolute Gasteiger partial charge is 0.322 e. The van der Waals surface area contributed by atoms with E-state index in [1.165, 1.54) is 42.1 Å². The summed E-state index contributed by atoms with van der Waals surface area (Å²) < 4.78 is 37.5. The Morgan fingerprint density at radius 1 is 1.02 bits per heavy atom. The molecule has 0 aromatic heterocycles. The zero-order valence-corrected chi connectivity index (χ0v) is 29.5. The Balaban J connectivity index is 1.68. The predicted molar refractivity (Wildman–Crippen MR) is 189 cm³/mol. The van der Waals surface area contributed by atoms with E-state index in [1.807, 2.05) is 41.5 Å². The molecule has 0 radical (unpaired) electrons. The lowest BCUT2D eigenvalue weighted by Crippen LogP contribution is -2.53. The number of fused-ring (bicyclic) bond motifs is 1. The maximum atomic E-state index is 14.2. The maximum absolute atomic E-state index is 14.2. The third-order valence-corrected chi connectivity index (χ3v) is 10.7. The number of amides is 2. The monoisotopic (exact) mass is 712 g/mol. The Kier molecular flexibility index (Phi) is 13.0. The number of aliphatic carboxylic acids is 1. The minimum absolute atomic E-state index is 0.0226. The molecule has 0 aliphatic carbocycles. The van der Waals surface area contributed by atoms with Crippen LogP contribution in [0, 0.1) is 0 Å². The Morgan fingerprint density at radius 2 is 1.67 bits per heavy atom. The molecule has 2 amide bonds. The van der Waals surface area contributed by atoms with Gasteiger partial charge < -0.3 is 30.5 Å². The van der Waals surface area contributed by atoms with Crippen molar-refractivity contribution in [1.82, 2.24) is 15.4 Å². The molecule has 14 heteroatoms. The van der Waals surface area contributed by atoms with Crippen molar-refractivity contribution in [1.29, 1.82) is 0 Å². The standard InChI is InChI=1S/C35H44N4O8S2/c1-4-6-17-35(18-7-5-2)23-39(25-11-9-8-10-12-25)27-19-29(48-3)28(20-30(27)49(45,46)38-35)47-22-31(41)37-33(34(44)36-21-32(42)43)24-13-15-26(40)16-14-24/h8-16,19-20,33,38,40H,4-7,17-18,21-23H2,1-3H3,(H,36,44)(H,37,41)(H,42,43)/t33-/m1/s1. The van der Waals surface area contributed by atoms with Crippen LogP contribution in [0.5, 0.6) is 11.5 Å². The lowest BCUT2D eigenvalue weighted by Gasteiger charge is -2.37. The summed E-state index contributed by atoms with van der Waals surface area (Å²) in [5.74, 6) is -2.63. The van der Waals surface area contributed by atoms with Crippen LogP contribution in [0.4, 0.5) is 11.4 Å². The summed E-state index contributed by atoms with van der Waals surface area (Å²) in [5, 5.41) is 23.5. The van der Waals surface area contributed by atoms with E-state index in [0.717, 1.165) is 31.4 Å². The van der Waals surface area contributed by atoms with Gasteiger partial charge in [0.15, 0.2) is 6.61 Å². The van der Waals surface area contributed by atoms with E-state index in [2.05, 4.69) is 29.2 Å². The molecule has 1 aliphatic heterocycles. The first-order chi connectivity index (χ1) is 23.4. The number of hydrogen-bond acceptors (Lipinski definition) is 9. The van der Waals surface area contributed by atoms with E-state index in [-0.39, 0.29) is 16.4 Å². The first-order valence-electron chi connectivity index (χ1n) is 16.2. The van der Waals surface area contributed by atoms with E-state index in [9.17, 15) is 27.9 Å². The fourth-order valence-corrected chi connectivity index (χ4v) is 8.02. The number of phenolic OH excluding ortho intramolecular Hbond substituents is 1. The number of aromatic hydroxyl groups is 1. The number of carbonyl (C=O) groups is 3. The van der Waals surface area contributed by atoms with Gasteiger partial charge in [-0.3, -0.25) is 14.4 Å². The van der Waals surface area contributed by atoms with Crippen LogP contribution in [0.25, 0.3) is 0 Å². The average molecular weight is 713 g/mol. The molecule has 0 saturated heterocycles. The number of rotatable bonds is 16. The van der Waals surface area contributed by atoms with Crippen molar-refractivity contribution >= 4 is 50.9 Å². The normalized spacial score (nSPS) is 15.4. The molecule has 3 aromatic carbocycles. The highest BCUT2D eigenvalue weighted by molar-refractivity contribution is 7.98. The van der Waals surface area contributed by atoms with Gasteiger partial charge in [0.25, 0.3) is 5.91 Å². The molecular weight excluding hydrogens is 669 g/mol. The summed E-state index contributed by atoms with van der Waals surface area (Å²) >= 11 is 1.34. The van der Waals surface area contributed by atoms with Gasteiger partial charge in [-0.05, 0) is 55.0 Å². The van der Waals surface area contributed by atoms with Gasteiger partial charge in [-0.2, -0.15) is 0 Å². The van der Waals surface area contributed by atoms with Crippen molar-refractivity contribution < 1.29 is 37.8 Å². The first kappa shape index (κ1) is 37.5. The Hall–Kier alpha value is -4.27. The largest absolute Gasteiger partial charge is 0.508 e. The number of unbranched alkanes of at least 4 members (excludes halogenated alkanes) is 2. The van der Waals surface area contributed by atoms with Crippen LogP contribution in [0.15, 0.2) is 76.5 Å². The van der Waals surface area contributed by atoms with Crippen molar-refractivity contribution in [3.8, 4) is 11.5 Å². The van der Waals surface area contributed by atoms with Crippen molar-refractivity contribution in [2.24, 2.45) is 0 Å². The van der Waals surface area contributed by atoms with E-state index in [1.54, 1.807) is 6.07 Å². The molecule has 1 aliphatic rings. The molecule has 0 fully saturated rings. The van der Waals surface area contributed by atoms with E-state index in [0.29, 0.717) is 35.5 Å². The van der Waals surface area contributed by atoms with Crippen molar-refractivity contribution in [2.75, 3.05) is 30.9 Å². The summed E-state index contributed by atoms with van der Waals surface area (Å²) in [6.07, 6.45) is 6.70. The summed E-state index contributed by atoms with van der Waals surface area (Å²) in [5.41, 5.74) is 0.931. The van der Waals surface area contributed by atoms with E-state index in [4.69, 9.17) is 9.84 Å². The molecule has 12 nitrogen and oxygen atoms in total. The molecule has 5 N–H and O–H groups in total. The molecule has 0 unspecified atom stereocenters. The molecule has 264 valence electrons. The summed E-state index contributed by atoms with van der Waals surface area (Å²) in [4.78, 5) is 39.8. The van der Waals surface area contributed by atoms with Gasteiger partial charge in [0.1, 0.15) is 29.0 Å². The predicted octanol–water partition coefficient (Wildman–Crippen LogP) is 5.10. The van der Waals surface area contributed by atoms with E-state index >= 15 is 0 Å². The zero-order valence-electron chi connectivity index (χ0n) is 27.9. The van der Waals surface area contributed by atoms with Gasteiger partial charge >= 0.3 is 5.97 Å². The van der Waals surface area contributed by atoms with Crippen LogP contribution < -0.4 is 25.0 Å². The second-order valence-electron chi connectivity index (χ2n) is 12.0. The van der Waals surface area contributed by atoms with Crippen LogP contribution >= 0.6 is 11.8 Å². The fourth-order valence-electron chi connectivity index (χ4n) is 5.82. The summed E-state index contributed by atoms with van der Waals surface area (Å²) in [7, 11) is -4.06. The Morgan fingerprint density at radius 3 is 2.27 bits per heavy atom. The van der Waals surface area contributed by atoms with Crippen LogP contribution in [-0.2, 0) is 24.4 Å². The van der Waals surface area contributed by atoms with Gasteiger partial charge in [-0.15, -0.1) is 11.8 Å². The number of phenols is 1. The number of benzene rings is 3. The molecule has 0 bridgehead atoms. The number of carboxylic acids is 1. The fraction of sp³-hybridized carbons (Fsp3) is 0.400. The van der Waals surface area contributed by atoms with E-state index < -0.39 is 52.5 Å². The van der Waals surface area contributed by atoms with Gasteiger partial charge in [0.2, 0.25) is 15.9 Å². The topological polar surface area (TPSA) is 174 Å². The number of carboxylic acid groups (broad SMARTS) is 1. The van der Waals surface area contributed by atoms with Crippen LogP contribution in [-0.4, -0.2) is 67.9 Å². The molecule has 49 heavy (non-hydrogen) atoms. The van der Waals surface area contributed by atoms with Crippen molar-refractivity contribution in [3.63, 3.8) is 0 Å². The van der Waals surface area contributed by atoms with Crippen molar-refractivity contribution in [3.05, 3.63) is 72.3 Å². The highest BCUT2D eigenvalue weighted by Gasteiger charge is 2.42. The van der Waals surface area contributed by atoms with Gasteiger partial charge in [-0.25, -0.2) is 13.1 Å². The zero-order chi connectivity index (χ0) is 35.6. The quantitative estimate of drug-likeness (QED) is 0.126. The summed E-state index contributed by atoms with van der Waals surface area (Å²) in [6.45, 7) is 3.37. The molecular formula is C35H44N4O8S2. The van der Waals surface area contributed by atoms with Crippen molar-refractivity contribution in [2.45, 2.75) is 73.7 Å². The average Bonchev–Trinajstić information content (AvgIpc) is 3.18. The molecule has 1 atom stereocenters. The molecule has 4 rings (SSSR count). The number of ether oxygens (including phenoxy) is 1. The number of nitrogens with zero attached hydrogens (tertiary/aromatic N) is 1. The summed E-state index contributed by atoms with van der Waals surface area (Å²) in [6, 6.07) is 17.1. The van der Waals surface area contributed by atoms with Crippen LogP contribution in [0.1, 0.15) is 64.0 Å². The number of carbonyl (C=O) groups excluding carboxylic acids is 2. The highest BCUT2D eigenvalue weighted by atomic mass is 32.2. The third kappa shape index (κ3) is 9.67. The van der Waals surface area contributed by atoms with Crippen LogP contribution in [0.2, 0.25) is 0 Å². The molecule has 1 heterocycles. The number of para-hydroxylation sites is 1. The minimum Gasteiger partial charge on any atom is -0.508 e. The lowest BCUT2D eigenvalue weighted by atomic mass is 9.87. The SMILES string of the molecule is CCCCC1(CCCC)CN(c2ccccc2)c2cc(SC)c(OCC(=O)N[C@@H](C(=O)NCC(=O)O)c3ccc(O)cc3)cc2S(=O)(=O)N1. The van der Waals surface area contributed by atoms with Gasteiger partial charge in [0, 0.05) is 18.3 Å². The number of hydrogen-bond donors (Lipinski definition) is 5. The Labute approximate surface area is 291 Å². The number of nitrogens with one attached hydrogen (secondary N) is 3. The number of anilines is 2. The number of sulfonamides is 1. The number of thioether (sulfide) groups is 1. The maximum Gasteiger partial charge on any atom is 0.322 e. The molecule has 0 spiro atoms. The third-order valence-electron chi connectivity index (χ3n) is 8.29. The van der Waals surface area contributed by atoms with Gasteiger partial charge in [0.05, 0.1) is 16.1 Å². The second kappa shape index (κ2) is 16.9.